The molecule has 0 radical (unpaired) electrons. The number of nitrogens with one attached hydrogen (secondary N) is 3. The number of nitrogens with zero attached hydrogens (tertiary/aromatic N) is 1. The highest BCUT2D eigenvalue weighted by Crippen LogP contribution is 2.27. The molecule has 0 aromatic heterocycles. The number of nitrogens with two attached hydrogens (primary N) is 1. The Labute approximate surface area is 193 Å². The highest BCUT2D eigenvalue weighted by molar-refractivity contribution is 7.90. The van der Waals surface area contributed by atoms with E-state index in [1.54, 1.807) is 19.1 Å². The largest absolute Gasteiger partial charge is 0.616 e. The number of anilines is 1. The summed E-state index contributed by atoms with van der Waals surface area (Å²) in [6.07, 6.45) is 0. The van der Waals surface area contributed by atoms with E-state index in [1.165, 1.54) is 17.0 Å². The molecule has 2 heterocycles. The third-order valence-corrected chi connectivity index (χ3v) is 6.84. The van der Waals surface area contributed by atoms with E-state index in [9.17, 15) is 18.5 Å². The van der Waals surface area contributed by atoms with Crippen molar-refractivity contribution in [1.82, 2.24) is 10.2 Å². The summed E-state index contributed by atoms with van der Waals surface area (Å²) in [6.45, 7) is 2.47. The molecule has 2 aliphatic rings. The summed E-state index contributed by atoms with van der Waals surface area (Å²) in [4.78, 5) is 26.6. The molecule has 10 heteroatoms. The first kappa shape index (κ1) is 22.8. The molecule has 2 aromatic rings. The fourth-order valence-corrected chi connectivity index (χ4v) is 5.38. The third-order valence-electron chi connectivity index (χ3n) is 5.58. The lowest BCUT2D eigenvalue weighted by Gasteiger charge is -2.31. The van der Waals surface area contributed by atoms with Gasteiger partial charge in [-0.25, -0.2) is 9.18 Å². The van der Waals surface area contributed by atoms with Gasteiger partial charge in [0, 0.05) is 41.2 Å². The standard InChI is InChI=1S/C23H24FN5O3S/c1-13-6-15(8-17(24)7-13)21(25)20(22(26)30)19-10-29(5-4-27-19)23(31)28-18-3-2-14-11-33(32)12-16(14)9-18/h2-3,6-9,25,27H,4-5,10-12H2,1H3,(H2,26,30)(H,28,31)/b20-19+,25-21?. The molecule has 0 aliphatic carbocycles. The normalized spacial score (nSPS) is 18.9. The predicted octanol–water partition coefficient (Wildman–Crippen LogP) is 2.14. The van der Waals surface area contributed by atoms with Gasteiger partial charge < -0.3 is 25.8 Å². The molecule has 2 aromatic carbocycles. The van der Waals surface area contributed by atoms with Gasteiger partial charge in [0.05, 0.1) is 17.8 Å². The lowest BCUT2D eigenvalue weighted by Crippen LogP contribution is -2.48. The second-order valence-electron chi connectivity index (χ2n) is 8.10. The van der Waals surface area contributed by atoms with Gasteiger partial charge in [0.2, 0.25) is 0 Å². The van der Waals surface area contributed by atoms with Gasteiger partial charge in [-0.1, -0.05) is 6.07 Å². The summed E-state index contributed by atoms with van der Waals surface area (Å²) >= 11 is -0.908. The monoisotopic (exact) mass is 469 g/mol. The van der Waals surface area contributed by atoms with E-state index < -0.39 is 22.9 Å². The fourth-order valence-electron chi connectivity index (χ4n) is 4.04. The number of benzene rings is 2. The van der Waals surface area contributed by atoms with E-state index in [0.717, 1.165) is 11.1 Å². The number of hydrogen-bond acceptors (Lipinski definition) is 5. The summed E-state index contributed by atoms with van der Waals surface area (Å²) in [5.41, 5.74) is 9.04. The molecular weight excluding hydrogens is 445 g/mol. The van der Waals surface area contributed by atoms with Crippen molar-refractivity contribution in [3.8, 4) is 0 Å². The van der Waals surface area contributed by atoms with Crippen LogP contribution in [-0.4, -0.2) is 46.7 Å². The van der Waals surface area contributed by atoms with Crippen molar-refractivity contribution in [2.24, 2.45) is 5.73 Å². The van der Waals surface area contributed by atoms with Crippen LogP contribution in [0.15, 0.2) is 47.7 Å². The number of piperazine rings is 1. The Morgan fingerprint density at radius 1 is 1.21 bits per heavy atom. The highest BCUT2D eigenvalue weighted by Gasteiger charge is 2.27. The lowest BCUT2D eigenvalue weighted by atomic mass is 9.97. The molecule has 4 rings (SSSR count). The molecule has 0 saturated carbocycles. The van der Waals surface area contributed by atoms with Crippen LogP contribution in [0.25, 0.3) is 0 Å². The van der Waals surface area contributed by atoms with Crippen LogP contribution in [0.4, 0.5) is 14.9 Å². The van der Waals surface area contributed by atoms with Crippen molar-refractivity contribution in [2.75, 3.05) is 25.0 Å². The molecule has 1 saturated heterocycles. The number of primary amides is 1. The van der Waals surface area contributed by atoms with Crippen LogP contribution in [0.3, 0.4) is 0 Å². The lowest BCUT2D eigenvalue weighted by molar-refractivity contribution is -0.114. The number of hydrogen-bond donors (Lipinski definition) is 4. The molecule has 33 heavy (non-hydrogen) atoms. The molecule has 1 unspecified atom stereocenters. The van der Waals surface area contributed by atoms with Crippen LogP contribution in [0.2, 0.25) is 0 Å². The zero-order valence-electron chi connectivity index (χ0n) is 18.0. The number of carbonyl (C=O) groups is 2. The van der Waals surface area contributed by atoms with Crippen LogP contribution >= 0.6 is 0 Å². The van der Waals surface area contributed by atoms with E-state index >= 15 is 0 Å². The quantitative estimate of drug-likeness (QED) is 0.310. The van der Waals surface area contributed by atoms with Gasteiger partial charge in [-0.2, -0.15) is 0 Å². The van der Waals surface area contributed by atoms with Crippen LogP contribution in [-0.2, 0) is 27.5 Å². The Balaban J connectivity index is 1.54. The first-order valence-corrected chi connectivity index (χ1v) is 11.9. The minimum absolute atomic E-state index is 0.0374. The average molecular weight is 470 g/mol. The van der Waals surface area contributed by atoms with Gasteiger partial charge in [0.1, 0.15) is 17.3 Å². The van der Waals surface area contributed by atoms with E-state index in [4.69, 9.17) is 11.1 Å². The SMILES string of the molecule is Cc1cc(F)cc(C(=N)/C(C(N)=O)=C2/CN(C(=O)Nc3ccc4c(c3)C[S+]([O-])C4)CCN2)c1. The number of carbonyl (C=O) groups excluding carboxylic acids is 2. The third kappa shape index (κ3) is 5.01. The molecule has 172 valence electrons. The Morgan fingerprint density at radius 2 is 1.97 bits per heavy atom. The second-order valence-corrected chi connectivity index (χ2v) is 9.56. The van der Waals surface area contributed by atoms with Crippen molar-refractivity contribution in [3.63, 3.8) is 0 Å². The number of aryl methyl sites for hydroxylation is 1. The minimum atomic E-state index is -0.908. The summed E-state index contributed by atoms with van der Waals surface area (Å²) in [7, 11) is 0. The zero-order valence-corrected chi connectivity index (χ0v) is 18.9. The average Bonchev–Trinajstić information content (AvgIpc) is 3.12. The van der Waals surface area contributed by atoms with Crippen LogP contribution in [0, 0.1) is 18.2 Å². The van der Waals surface area contributed by atoms with Crippen molar-refractivity contribution in [2.45, 2.75) is 18.4 Å². The topological polar surface area (TPSA) is 134 Å². The number of halogens is 1. The van der Waals surface area contributed by atoms with E-state index in [2.05, 4.69) is 10.6 Å². The van der Waals surface area contributed by atoms with Crippen LogP contribution in [0.1, 0.15) is 22.3 Å². The fraction of sp³-hybridized carbons (Fsp3) is 0.261. The Hall–Kier alpha value is -3.37. The van der Waals surface area contributed by atoms with Crippen molar-refractivity contribution in [3.05, 3.63) is 75.7 Å². The first-order valence-electron chi connectivity index (χ1n) is 10.4. The number of fused-ring (bicyclic) bond motifs is 1. The van der Waals surface area contributed by atoms with Gasteiger partial charge in [-0.15, -0.1) is 0 Å². The molecular formula is C23H24FN5O3S. The predicted molar refractivity (Wildman–Crippen MR) is 125 cm³/mol. The maximum atomic E-state index is 13.9. The van der Waals surface area contributed by atoms with E-state index in [1.807, 2.05) is 12.1 Å². The van der Waals surface area contributed by atoms with Gasteiger partial charge in [-0.3, -0.25) is 10.2 Å². The maximum Gasteiger partial charge on any atom is 0.322 e. The summed E-state index contributed by atoms with van der Waals surface area (Å²) < 4.78 is 25.6. The maximum absolute atomic E-state index is 13.9. The van der Waals surface area contributed by atoms with Gasteiger partial charge in [0.25, 0.3) is 5.91 Å². The van der Waals surface area contributed by atoms with Crippen LogP contribution in [0.5, 0.6) is 0 Å². The zero-order chi connectivity index (χ0) is 23.7. The summed E-state index contributed by atoms with van der Waals surface area (Å²) in [5.74, 6) is -0.344. The molecule has 2 aliphatic heterocycles. The molecule has 5 N–H and O–H groups in total. The molecule has 1 fully saturated rings. The summed E-state index contributed by atoms with van der Waals surface area (Å²) in [6, 6.07) is 9.20. The highest BCUT2D eigenvalue weighted by atomic mass is 32.2. The molecule has 0 spiro atoms. The van der Waals surface area contributed by atoms with Crippen molar-refractivity contribution >= 4 is 34.5 Å². The van der Waals surface area contributed by atoms with Gasteiger partial charge in [-0.05, 0) is 54.0 Å². The van der Waals surface area contributed by atoms with Crippen molar-refractivity contribution in [1.29, 1.82) is 5.41 Å². The Bertz CT molecular complexity index is 1160. The Morgan fingerprint density at radius 3 is 2.70 bits per heavy atom. The van der Waals surface area contributed by atoms with Crippen LogP contribution < -0.4 is 16.4 Å². The Kier molecular flexibility index (Phi) is 6.39. The summed E-state index contributed by atoms with van der Waals surface area (Å²) in [5, 5.41) is 14.4. The molecule has 0 bridgehead atoms. The van der Waals surface area contributed by atoms with Crippen molar-refractivity contribution < 1.29 is 18.5 Å². The van der Waals surface area contributed by atoms with E-state index in [-0.39, 0.29) is 29.4 Å². The van der Waals surface area contributed by atoms with Gasteiger partial charge in [0.15, 0.2) is 0 Å². The minimum Gasteiger partial charge on any atom is -0.616 e. The molecule has 8 nitrogen and oxygen atoms in total. The molecule has 3 amide bonds. The second kappa shape index (κ2) is 9.24. The smallest absolute Gasteiger partial charge is 0.322 e. The number of urea groups is 1. The molecule has 1 atom stereocenters. The van der Waals surface area contributed by atoms with E-state index in [0.29, 0.717) is 41.5 Å². The number of rotatable bonds is 4. The first-order chi connectivity index (χ1) is 15.7. The van der Waals surface area contributed by atoms with Gasteiger partial charge >= 0.3 is 6.03 Å². The number of amides is 3.